The number of benzene rings is 1. The molecular formula is C20H28LiNaO4. The first-order chi connectivity index (χ1) is 11.6. The van der Waals surface area contributed by atoms with E-state index < -0.39 is 17.4 Å². The number of rotatable bonds is 13. The maximum Gasteiger partial charge on any atom is 1.00 e. The molecule has 1 aromatic rings. The monoisotopic (exact) mass is 362 g/mol. The van der Waals surface area contributed by atoms with Gasteiger partial charge in [-0.3, -0.25) is 0 Å². The van der Waals surface area contributed by atoms with Crippen molar-refractivity contribution >= 4 is 11.9 Å². The van der Waals surface area contributed by atoms with Gasteiger partial charge in [0.1, 0.15) is 0 Å². The van der Waals surface area contributed by atoms with Crippen molar-refractivity contribution in [2.24, 2.45) is 0 Å². The number of hydrogen-bond donors (Lipinski definition) is 0. The van der Waals surface area contributed by atoms with Gasteiger partial charge < -0.3 is 19.8 Å². The van der Waals surface area contributed by atoms with Gasteiger partial charge in [0, 0.05) is 0 Å². The summed E-state index contributed by atoms with van der Waals surface area (Å²) in [4.78, 5) is 23.2. The van der Waals surface area contributed by atoms with Crippen LogP contribution in [0.15, 0.2) is 30.3 Å². The van der Waals surface area contributed by atoms with Crippen LogP contribution in [0.3, 0.4) is 0 Å². The number of hydrogen-bond acceptors (Lipinski definition) is 4. The molecule has 0 unspecified atom stereocenters. The fourth-order valence-electron chi connectivity index (χ4n) is 3.09. The molecule has 0 saturated carbocycles. The minimum atomic E-state index is -2.05. The van der Waals surface area contributed by atoms with E-state index in [0.29, 0.717) is 6.42 Å². The average Bonchev–Trinajstić information content (AvgIpc) is 2.57. The van der Waals surface area contributed by atoms with Crippen molar-refractivity contribution in [3.05, 3.63) is 35.9 Å². The SMILES string of the molecule is CCCCCCCCCCCC(C(=O)[O-])(C(=O)[O-])c1ccccc1.[Li+].[Na+]. The topological polar surface area (TPSA) is 80.3 Å². The van der Waals surface area contributed by atoms with Crippen LogP contribution in [0.5, 0.6) is 0 Å². The summed E-state index contributed by atoms with van der Waals surface area (Å²) in [6, 6.07) is 8.01. The van der Waals surface area contributed by atoms with E-state index in [2.05, 4.69) is 6.92 Å². The Bertz CT molecular complexity index is 494. The third-order valence-electron chi connectivity index (χ3n) is 4.62. The van der Waals surface area contributed by atoms with Gasteiger partial charge in [-0.05, 0) is 12.0 Å². The molecule has 26 heavy (non-hydrogen) atoms. The molecule has 1 rings (SSSR count). The van der Waals surface area contributed by atoms with Crippen LogP contribution in [0.4, 0.5) is 0 Å². The summed E-state index contributed by atoms with van der Waals surface area (Å²) in [5.41, 5.74) is -1.83. The van der Waals surface area contributed by atoms with Crippen molar-refractivity contribution < 1.29 is 68.2 Å². The van der Waals surface area contributed by atoms with Crippen LogP contribution in [0, 0.1) is 0 Å². The van der Waals surface area contributed by atoms with E-state index in [4.69, 9.17) is 0 Å². The van der Waals surface area contributed by atoms with Gasteiger partial charge in [-0.2, -0.15) is 0 Å². The molecule has 0 aromatic heterocycles. The van der Waals surface area contributed by atoms with Crippen LogP contribution in [0.1, 0.15) is 76.7 Å². The van der Waals surface area contributed by atoms with Gasteiger partial charge >= 0.3 is 48.4 Å². The Kier molecular flexibility index (Phi) is 17.0. The minimum absolute atomic E-state index is 0. The molecule has 134 valence electrons. The van der Waals surface area contributed by atoms with Gasteiger partial charge in [0.05, 0.1) is 17.4 Å². The summed E-state index contributed by atoms with van der Waals surface area (Å²) in [7, 11) is 0. The van der Waals surface area contributed by atoms with E-state index in [0.717, 1.165) is 19.3 Å². The van der Waals surface area contributed by atoms with Gasteiger partial charge in [-0.25, -0.2) is 0 Å². The van der Waals surface area contributed by atoms with Crippen LogP contribution in [-0.2, 0) is 15.0 Å². The molecule has 0 radical (unpaired) electrons. The zero-order valence-electron chi connectivity index (χ0n) is 16.6. The van der Waals surface area contributed by atoms with Crippen molar-refractivity contribution in [3.8, 4) is 0 Å². The number of unbranched alkanes of at least 4 members (excludes halogenated alkanes) is 8. The maximum atomic E-state index is 11.6. The summed E-state index contributed by atoms with van der Waals surface area (Å²) in [6.07, 6.45) is 9.67. The van der Waals surface area contributed by atoms with Gasteiger partial charge in [0.25, 0.3) is 0 Å². The first-order valence-electron chi connectivity index (χ1n) is 9.04. The Labute approximate surface area is 191 Å². The molecule has 0 bridgehead atoms. The molecule has 1 aromatic carbocycles. The van der Waals surface area contributed by atoms with Gasteiger partial charge in [-0.1, -0.05) is 95.0 Å². The van der Waals surface area contributed by atoms with E-state index in [1.165, 1.54) is 44.2 Å². The molecule has 0 saturated heterocycles. The van der Waals surface area contributed by atoms with E-state index in [9.17, 15) is 19.8 Å². The third-order valence-corrected chi connectivity index (χ3v) is 4.62. The molecule has 0 atom stereocenters. The van der Waals surface area contributed by atoms with Crippen LogP contribution >= 0.6 is 0 Å². The largest absolute Gasteiger partial charge is 1.00 e. The number of carbonyl (C=O) groups is 2. The molecule has 4 nitrogen and oxygen atoms in total. The first kappa shape index (κ1) is 28.0. The Morgan fingerprint density at radius 3 is 1.65 bits per heavy atom. The Morgan fingerprint density at radius 1 is 0.808 bits per heavy atom. The van der Waals surface area contributed by atoms with Crippen molar-refractivity contribution in [2.45, 2.75) is 76.5 Å². The fourth-order valence-corrected chi connectivity index (χ4v) is 3.09. The molecule has 0 aliphatic rings. The normalized spacial score (nSPS) is 10.5. The van der Waals surface area contributed by atoms with Crippen molar-refractivity contribution in [2.75, 3.05) is 0 Å². The minimum Gasteiger partial charge on any atom is -0.549 e. The molecule has 0 spiro atoms. The first-order valence-corrected chi connectivity index (χ1v) is 9.04. The van der Waals surface area contributed by atoms with Gasteiger partial charge in [0.15, 0.2) is 0 Å². The number of carboxylic acid groups (broad SMARTS) is 2. The summed E-state index contributed by atoms with van der Waals surface area (Å²) >= 11 is 0. The molecule has 0 aliphatic carbocycles. The zero-order chi connectivity index (χ0) is 17.8. The molecule has 0 aliphatic heterocycles. The zero-order valence-corrected chi connectivity index (χ0v) is 18.6. The molecule has 6 heteroatoms. The van der Waals surface area contributed by atoms with E-state index in [-0.39, 0.29) is 60.4 Å². The Morgan fingerprint density at radius 2 is 1.23 bits per heavy atom. The molecular weight excluding hydrogens is 334 g/mol. The second kappa shape index (κ2) is 15.8. The molecule has 0 amide bonds. The van der Waals surface area contributed by atoms with Crippen LogP contribution in [-0.4, -0.2) is 11.9 Å². The molecule has 0 heterocycles. The van der Waals surface area contributed by atoms with Crippen molar-refractivity contribution in [1.29, 1.82) is 0 Å². The predicted molar refractivity (Wildman–Crippen MR) is 90.0 cm³/mol. The Balaban J connectivity index is 0. The standard InChI is InChI=1S/C20H30O4.Li.Na/c1-2-3-4-5-6-7-8-9-13-16-20(18(21)22,19(23)24)17-14-11-10-12-15-17;;/h10-12,14-15H,2-9,13,16H2,1H3,(H,21,22)(H,23,24);;/q;2*+1/p-2. The van der Waals surface area contributed by atoms with Crippen molar-refractivity contribution in [1.82, 2.24) is 0 Å². The fraction of sp³-hybridized carbons (Fsp3) is 0.600. The second-order valence-corrected chi connectivity index (χ2v) is 6.42. The van der Waals surface area contributed by atoms with Gasteiger partial charge in [-0.15, -0.1) is 0 Å². The van der Waals surface area contributed by atoms with E-state index >= 15 is 0 Å². The maximum absolute atomic E-state index is 11.6. The summed E-state index contributed by atoms with van der Waals surface area (Å²) in [5, 5.41) is 23.2. The van der Waals surface area contributed by atoms with E-state index in [1.807, 2.05) is 0 Å². The van der Waals surface area contributed by atoms with E-state index in [1.54, 1.807) is 18.2 Å². The second-order valence-electron chi connectivity index (χ2n) is 6.42. The number of aliphatic carboxylic acids is 2. The average molecular weight is 362 g/mol. The smallest absolute Gasteiger partial charge is 0.549 e. The molecule has 0 fully saturated rings. The molecule has 0 N–H and O–H groups in total. The predicted octanol–water partition coefficient (Wildman–Crippen LogP) is -3.65. The number of carbonyl (C=O) groups excluding carboxylic acids is 2. The summed E-state index contributed by atoms with van der Waals surface area (Å²) < 4.78 is 0. The Hall–Kier alpha value is -0.243. The summed E-state index contributed by atoms with van der Waals surface area (Å²) in [5.74, 6) is -3.18. The summed E-state index contributed by atoms with van der Waals surface area (Å²) in [6.45, 7) is 2.19. The van der Waals surface area contributed by atoms with Crippen LogP contribution < -0.4 is 58.6 Å². The number of carboxylic acids is 2. The van der Waals surface area contributed by atoms with Crippen LogP contribution in [0.2, 0.25) is 0 Å². The van der Waals surface area contributed by atoms with Gasteiger partial charge in [0.2, 0.25) is 0 Å². The quantitative estimate of drug-likeness (QED) is 0.206. The van der Waals surface area contributed by atoms with Crippen molar-refractivity contribution in [3.63, 3.8) is 0 Å². The third kappa shape index (κ3) is 8.63. The van der Waals surface area contributed by atoms with Crippen LogP contribution in [0.25, 0.3) is 0 Å².